The molecule has 0 N–H and O–H groups in total. The van der Waals surface area contributed by atoms with Gasteiger partial charge in [0.15, 0.2) is 0 Å². The van der Waals surface area contributed by atoms with E-state index in [1.807, 2.05) is 36.8 Å². The van der Waals surface area contributed by atoms with Crippen LogP contribution < -0.4 is 4.57 Å². The maximum absolute atomic E-state index is 6.31. The van der Waals surface area contributed by atoms with E-state index in [1.165, 1.54) is 0 Å². The topological polar surface area (TPSA) is 47.7 Å². The lowest BCUT2D eigenvalue weighted by atomic mass is 10.2. The van der Waals surface area contributed by atoms with Gasteiger partial charge in [-0.2, -0.15) is 9.13 Å². The minimum Gasteiger partial charge on any atom is -0.413 e. The summed E-state index contributed by atoms with van der Waals surface area (Å²) in [4.78, 5) is 8.81. The molecule has 5 heteroatoms. The van der Waals surface area contributed by atoms with Gasteiger partial charge in [0, 0.05) is 24.7 Å². The number of para-hydroxylation sites is 1. The highest BCUT2D eigenvalue weighted by Crippen LogP contribution is 2.36. The summed E-state index contributed by atoms with van der Waals surface area (Å²) in [5.41, 5.74) is 6.23. The SMILES string of the molecule is c1ccc(-n2c3ccncc3c3oc4[n+](c32)Cc2ncccc2-4)cc1. The summed E-state index contributed by atoms with van der Waals surface area (Å²) in [6.07, 6.45) is 5.53. The van der Waals surface area contributed by atoms with Crippen LogP contribution in [-0.4, -0.2) is 14.5 Å². The van der Waals surface area contributed by atoms with Crippen molar-refractivity contribution in [2.75, 3.05) is 0 Å². The number of nitrogens with zero attached hydrogens (tertiary/aromatic N) is 4. The molecule has 1 aliphatic rings. The second-order valence-corrected chi connectivity index (χ2v) is 6.21. The van der Waals surface area contributed by atoms with Crippen molar-refractivity contribution in [3.63, 3.8) is 0 Å². The van der Waals surface area contributed by atoms with E-state index in [2.05, 4.69) is 49.4 Å². The zero-order chi connectivity index (χ0) is 16.4. The van der Waals surface area contributed by atoms with Gasteiger partial charge in [0.1, 0.15) is 17.7 Å². The Morgan fingerprint density at radius 2 is 1.92 bits per heavy atom. The Morgan fingerprint density at radius 1 is 1.00 bits per heavy atom. The van der Waals surface area contributed by atoms with Gasteiger partial charge in [0.05, 0.1) is 16.6 Å². The summed E-state index contributed by atoms with van der Waals surface area (Å²) in [6.45, 7) is 0.717. The van der Waals surface area contributed by atoms with Crippen LogP contribution >= 0.6 is 0 Å². The highest BCUT2D eigenvalue weighted by atomic mass is 16.4. The molecular formula is C20H13N4O+. The molecular weight excluding hydrogens is 312 g/mol. The maximum Gasteiger partial charge on any atom is 0.335 e. The standard InChI is InChI=1S/C20H13N4O/c1-2-5-13(6-3-1)24-17-8-10-21-11-15(17)18-19(24)23-12-16-14(20(23)25-18)7-4-9-22-16/h1-11H,12H2/q+1. The number of oxazole rings is 1. The second kappa shape index (κ2) is 4.54. The lowest BCUT2D eigenvalue weighted by molar-refractivity contribution is -0.652. The van der Waals surface area contributed by atoms with Crippen LogP contribution in [0.3, 0.4) is 0 Å². The van der Waals surface area contributed by atoms with Crippen LogP contribution in [0.1, 0.15) is 5.69 Å². The number of rotatable bonds is 1. The Balaban J connectivity index is 1.79. The molecule has 118 valence electrons. The van der Waals surface area contributed by atoms with E-state index in [9.17, 15) is 0 Å². The third kappa shape index (κ3) is 1.59. The summed E-state index contributed by atoms with van der Waals surface area (Å²) >= 11 is 0. The van der Waals surface area contributed by atoms with Crippen molar-refractivity contribution in [1.29, 1.82) is 0 Å². The van der Waals surface area contributed by atoms with Crippen LogP contribution in [0.4, 0.5) is 0 Å². The van der Waals surface area contributed by atoms with E-state index in [-0.39, 0.29) is 0 Å². The van der Waals surface area contributed by atoms with Crippen molar-refractivity contribution in [1.82, 2.24) is 14.5 Å². The summed E-state index contributed by atoms with van der Waals surface area (Å²) in [5, 5.41) is 1.02. The fourth-order valence-electron chi connectivity index (χ4n) is 3.78. The van der Waals surface area contributed by atoms with E-state index in [1.54, 1.807) is 0 Å². The molecule has 0 aliphatic carbocycles. The molecule has 1 aliphatic heterocycles. The predicted octanol–water partition coefficient (Wildman–Crippen LogP) is 3.48. The molecule has 5 heterocycles. The van der Waals surface area contributed by atoms with Gasteiger partial charge in [0.2, 0.25) is 5.58 Å². The lowest BCUT2D eigenvalue weighted by Crippen LogP contribution is -2.32. The van der Waals surface area contributed by atoms with Crippen LogP contribution in [0.15, 0.2) is 71.5 Å². The van der Waals surface area contributed by atoms with Crippen molar-refractivity contribution < 1.29 is 8.98 Å². The molecule has 0 unspecified atom stereocenters. The summed E-state index contributed by atoms with van der Waals surface area (Å²) in [7, 11) is 0. The first-order chi connectivity index (χ1) is 12.4. The van der Waals surface area contributed by atoms with Crippen molar-refractivity contribution in [2.24, 2.45) is 0 Å². The van der Waals surface area contributed by atoms with Crippen LogP contribution in [0.5, 0.6) is 0 Å². The summed E-state index contributed by atoms with van der Waals surface area (Å²) < 4.78 is 10.8. The number of aromatic nitrogens is 4. The van der Waals surface area contributed by atoms with E-state index in [0.717, 1.165) is 51.5 Å². The summed E-state index contributed by atoms with van der Waals surface area (Å²) in [6, 6.07) is 16.4. The van der Waals surface area contributed by atoms with Crippen molar-refractivity contribution in [3.8, 4) is 17.1 Å². The van der Waals surface area contributed by atoms with Gasteiger partial charge >= 0.3 is 5.65 Å². The molecule has 6 rings (SSSR count). The number of fused-ring (bicyclic) bond motifs is 7. The molecule has 0 saturated carbocycles. The van der Waals surface area contributed by atoms with Crippen LogP contribution in [0.2, 0.25) is 0 Å². The van der Waals surface area contributed by atoms with Crippen LogP contribution in [0, 0.1) is 0 Å². The fourth-order valence-corrected chi connectivity index (χ4v) is 3.78. The zero-order valence-electron chi connectivity index (χ0n) is 13.3. The smallest absolute Gasteiger partial charge is 0.335 e. The molecule has 0 bridgehead atoms. The monoisotopic (exact) mass is 325 g/mol. The first-order valence-corrected chi connectivity index (χ1v) is 8.22. The molecule has 0 radical (unpaired) electrons. The number of hydrogen-bond acceptors (Lipinski definition) is 3. The van der Waals surface area contributed by atoms with Gasteiger partial charge in [-0.15, -0.1) is 0 Å². The fraction of sp³-hybridized carbons (Fsp3) is 0.0500. The van der Waals surface area contributed by atoms with Gasteiger partial charge in [-0.25, -0.2) is 0 Å². The average Bonchev–Trinajstić information content (AvgIpc) is 3.30. The highest BCUT2D eigenvalue weighted by molar-refractivity contribution is 6.03. The molecule has 0 saturated heterocycles. The van der Waals surface area contributed by atoms with Crippen LogP contribution in [-0.2, 0) is 6.54 Å². The Hall–Kier alpha value is -3.47. The molecule has 1 aromatic carbocycles. The van der Waals surface area contributed by atoms with Gasteiger partial charge in [-0.1, -0.05) is 18.2 Å². The normalized spacial score (nSPS) is 12.6. The average molecular weight is 325 g/mol. The molecule has 5 aromatic rings. The minimum atomic E-state index is 0.717. The Labute approximate surface area is 142 Å². The van der Waals surface area contributed by atoms with Crippen LogP contribution in [0.25, 0.3) is 39.3 Å². The first-order valence-electron chi connectivity index (χ1n) is 8.22. The van der Waals surface area contributed by atoms with Gasteiger partial charge < -0.3 is 4.42 Å². The number of hydrogen-bond donors (Lipinski definition) is 0. The Kier molecular flexibility index (Phi) is 2.34. The van der Waals surface area contributed by atoms with E-state index >= 15 is 0 Å². The molecule has 0 spiro atoms. The molecule has 0 atom stereocenters. The number of pyridine rings is 2. The maximum atomic E-state index is 6.31. The molecule has 5 nitrogen and oxygen atoms in total. The summed E-state index contributed by atoms with van der Waals surface area (Å²) in [5.74, 6) is 0.864. The molecule has 0 fully saturated rings. The quantitative estimate of drug-likeness (QED) is 0.435. The Morgan fingerprint density at radius 3 is 2.84 bits per heavy atom. The van der Waals surface area contributed by atoms with E-state index < -0.39 is 0 Å². The highest BCUT2D eigenvalue weighted by Gasteiger charge is 2.36. The lowest BCUT2D eigenvalue weighted by Gasteiger charge is -2.00. The molecule has 0 amide bonds. The first kappa shape index (κ1) is 12.9. The van der Waals surface area contributed by atoms with Crippen molar-refractivity contribution in [3.05, 3.63) is 72.8 Å². The van der Waals surface area contributed by atoms with Gasteiger partial charge in [-0.3, -0.25) is 9.97 Å². The molecule has 25 heavy (non-hydrogen) atoms. The molecule has 4 aromatic heterocycles. The Bertz CT molecular complexity index is 1270. The third-order valence-corrected chi connectivity index (χ3v) is 4.84. The number of benzene rings is 1. The van der Waals surface area contributed by atoms with E-state index in [0.29, 0.717) is 0 Å². The second-order valence-electron chi connectivity index (χ2n) is 6.21. The largest absolute Gasteiger partial charge is 0.413 e. The predicted molar refractivity (Wildman–Crippen MR) is 93.4 cm³/mol. The van der Waals surface area contributed by atoms with Crippen molar-refractivity contribution in [2.45, 2.75) is 6.54 Å². The minimum absolute atomic E-state index is 0.717. The van der Waals surface area contributed by atoms with E-state index in [4.69, 9.17) is 4.42 Å². The zero-order valence-corrected chi connectivity index (χ0v) is 13.3. The third-order valence-electron chi connectivity index (χ3n) is 4.84. The van der Waals surface area contributed by atoms with Crippen molar-refractivity contribution >= 4 is 22.1 Å². The van der Waals surface area contributed by atoms with Gasteiger partial charge in [-0.05, 0) is 24.3 Å². The van der Waals surface area contributed by atoms with Gasteiger partial charge in [0.25, 0.3) is 5.89 Å².